The van der Waals surface area contributed by atoms with Crippen LogP contribution >= 0.6 is 0 Å². The Balaban J connectivity index is 2.23. The van der Waals surface area contributed by atoms with Crippen molar-refractivity contribution in [1.29, 1.82) is 0 Å². The molecule has 19 heavy (non-hydrogen) atoms. The van der Waals surface area contributed by atoms with E-state index in [-0.39, 0.29) is 11.3 Å². The summed E-state index contributed by atoms with van der Waals surface area (Å²) in [6.45, 7) is 1.53. The summed E-state index contributed by atoms with van der Waals surface area (Å²) >= 11 is 0. The molecule has 0 radical (unpaired) electrons. The van der Waals surface area contributed by atoms with E-state index in [1.165, 1.54) is 37.3 Å². The van der Waals surface area contributed by atoms with Gasteiger partial charge in [-0.05, 0) is 43.3 Å². The molecule has 0 spiro atoms. The summed E-state index contributed by atoms with van der Waals surface area (Å²) in [7, 11) is 0. The van der Waals surface area contributed by atoms with Crippen molar-refractivity contribution in [2.45, 2.75) is 6.92 Å². The highest BCUT2D eigenvalue weighted by Crippen LogP contribution is 2.18. The third-order valence-electron chi connectivity index (χ3n) is 2.75. The van der Waals surface area contributed by atoms with E-state index in [9.17, 15) is 13.6 Å². The predicted molar refractivity (Wildman–Crippen MR) is 69.9 cm³/mol. The molecule has 98 valence electrons. The minimum absolute atomic E-state index is 0.116. The van der Waals surface area contributed by atoms with E-state index in [2.05, 4.69) is 5.32 Å². The molecule has 0 saturated heterocycles. The highest BCUT2D eigenvalue weighted by Gasteiger charge is 2.11. The first-order valence-corrected chi connectivity index (χ1v) is 5.60. The molecule has 2 aromatic rings. The molecule has 0 heterocycles. The molecule has 0 aliphatic rings. The van der Waals surface area contributed by atoms with Gasteiger partial charge in [0.05, 0.1) is 0 Å². The SMILES string of the molecule is Cc1c(N)cc(C(=O)Nc2ccc(F)cc2)cc1F. The van der Waals surface area contributed by atoms with Crippen LogP contribution in [0.15, 0.2) is 36.4 Å². The molecule has 5 heteroatoms. The lowest BCUT2D eigenvalue weighted by Gasteiger charge is -2.08. The molecule has 2 rings (SSSR count). The molecule has 0 fully saturated rings. The molecule has 0 saturated carbocycles. The largest absolute Gasteiger partial charge is 0.398 e. The minimum atomic E-state index is -0.538. The van der Waals surface area contributed by atoms with Gasteiger partial charge in [-0.3, -0.25) is 4.79 Å². The monoisotopic (exact) mass is 262 g/mol. The predicted octanol–water partition coefficient (Wildman–Crippen LogP) is 3.11. The number of rotatable bonds is 2. The molecule has 0 aliphatic heterocycles. The number of anilines is 2. The molecule has 0 atom stereocenters. The van der Waals surface area contributed by atoms with E-state index < -0.39 is 17.5 Å². The van der Waals surface area contributed by atoms with Gasteiger partial charge in [-0.25, -0.2) is 8.78 Å². The lowest BCUT2D eigenvalue weighted by Crippen LogP contribution is -2.13. The van der Waals surface area contributed by atoms with Crippen LogP contribution in [0.2, 0.25) is 0 Å². The van der Waals surface area contributed by atoms with Crippen molar-refractivity contribution < 1.29 is 13.6 Å². The summed E-state index contributed by atoms with van der Waals surface area (Å²) in [5, 5.41) is 2.53. The number of amides is 1. The van der Waals surface area contributed by atoms with Gasteiger partial charge in [-0.2, -0.15) is 0 Å². The van der Waals surface area contributed by atoms with Crippen LogP contribution in [0.5, 0.6) is 0 Å². The average molecular weight is 262 g/mol. The molecule has 0 bridgehead atoms. The number of carbonyl (C=O) groups excluding carboxylic acids is 1. The number of nitrogens with one attached hydrogen (secondary N) is 1. The van der Waals surface area contributed by atoms with Gasteiger partial charge >= 0.3 is 0 Å². The first kappa shape index (κ1) is 13.0. The van der Waals surface area contributed by atoms with E-state index in [1.807, 2.05) is 0 Å². The zero-order valence-electron chi connectivity index (χ0n) is 10.2. The first-order valence-electron chi connectivity index (χ1n) is 5.60. The fraction of sp³-hybridized carbons (Fsp3) is 0.0714. The van der Waals surface area contributed by atoms with Crippen molar-refractivity contribution in [3.8, 4) is 0 Å². The van der Waals surface area contributed by atoms with Crippen LogP contribution in [-0.4, -0.2) is 5.91 Å². The number of nitrogens with two attached hydrogens (primary N) is 1. The van der Waals surface area contributed by atoms with Gasteiger partial charge in [0.2, 0.25) is 0 Å². The zero-order chi connectivity index (χ0) is 14.0. The van der Waals surface area contributed by atoms with E-state index in [1.54, 1.807) is 0 Å². The normalized spacial score (nSPS) is 10.3. The van der Waals surface area contributed by atoms with Gasteiger partial charge in [0.15, 0.2) is 0 Å². The van der Waals surface area contributed by atoms with Gasteiger partial charge in [0.1, 0.15) is 11.6 Å². The third-order valence-corrected chi connectivity index (χ3v) is 2.75. The quantitative estimate of drug-likeness (QED) is 0.817. The van der Waals surface area contributed by atoms with E-state index in [0.717, 1.165) is 6.07 Å². The highest BCUT2D eigenvalue weighted by molar-refractivity contribution is 6.04. The Morgan fingerprint density at radius 1 is 1.16 bits per heavy atom. The van der Waals surface area contributed by atoms with Crippen LogP contribution < -0.4 is 11.1 Å². The van der Waals surface area contributed by atoms with Crippen LogP contribution in [0, 0.1) is 18.6 Å². The molecule has 0 aliphatic carbocycles. The Labute approximate surface area is 109 Å². The van der Waals surface area contributed by atoms with E-state index >= 15 is 0 Å². The second kappa shape index (κ2) is 5.06. The molecule has 0 aromatic heterocycles. The van der Waals surface area contributed by atoms with Crippen molar-refractivity contribution in [3.05, 3.63) is 59.2 Å². The number of hydrogen-bond acceptors (Lipinski definition) is 2. The summed E-state index contributed by atoms with van der Waals surface area (Å²) in [4.78, 5) is 11.9. The van der Waals surface area contributed by atoms with Gasteiger partial charge in [0.25, 0.3) is 5.91 Å². The van der Waals surface area contributed by atoms with Crippen molar-refractivity contribution in [3.63, 3.8) is 0 Å². The Morgan fingerprint density at radius 2 is 1.79 bits per heavy atom. The smallest absolute Gasteiger partial charge is 0.255 e. The average Bonchev–Trinajstić information content (AvgIpc) is 2.38. The lowest BCUT2D eigenvalue weighted by atomic mass is 10.1. The fourth-order valence-corrected chi connectivity index (χ4v) is 1.57. The van der Waals surface area contributed by atoms with Crippen LogP contribution in [-0.2, 0) is 0 Å². The van der Waals surface area contributed by atoms with Crippen molar-refractivity contribution in [1.82, 2.24) is 0 Å². The second-order valence-corrected chi connectivity index (χ2v) is 4.13. The Morgan fingerprint density at radius 3 is 2.37 bits per heavy atom. The van der Waals surface area contributed by atoms with Crippen molar-refractivity contribution in [2.75, 3.05) is 11.1 Å². The summed E-state index contributed by atoms with van der Waals surface area (Å²) < 4.78 is 26.2. The molecule has 3 nitrogen and oxygen atoms in total. The van der Waals surface area contributed by atoms with Gasteiger partial charge in [-0.15, -0.1) is 0 Å². The van der Waals surface area contributed by atoms with Crippen LogP contribution in [0.25, 0.3) is 0 Å². The number of benzene rings is 2. The maximum absolute atomic E-state index is 13.5. The molecular formula is C14H12F2N2O. The maximum Gasteiger partial charge on any atom is 0.255 e. The van der Waals surface area contributed by atoms with Gasteiger partial charge < -0.3 is 11.1 Å². The first-order chi connectivity index (χ1) is 8.97. The minimum Gasteiger partial charge on any atom is -0.398 e. The fourth-order valence-electron chi connectivity index (χ4n) is 1.57. The number of hydrogen-bond donors (Lipinski definition) is 2. The molecule has 2 aromatic carbocycles. The third kappa shape index (κ3) is 2.88. The summed E-state index contributed by atoms with van der Waals surface area (Å²) in [5.41, 5.74) is 6.66. The molecule has 3 N–H and O–H groups in total. The Kier molecular flexibility index (Phi) is 3.46. The van der Waals surface area contributed by atoms with E-state index in [0.29, 0.717) is 11.3 Å². The lowest BCUT2D eigenvalue weighted by molar-refractivity contribution is 0.102. The van der Waals surface area contributed by atoms with Crippen LogP contribution in [0.3, 0.4) is 0 Å². The Hall–Kier alpha value is -2.43. The number of nitrogen functional groups attached to an aromatic ring is 1. The van der Waals surface area contributed by atoms with Gasteiger partial charge in [0, 0.05) is 22.5 Å². The summed E-state index contributed by atoms with van der Waals surface area (Å²) in [6, 6.07) is 7.80. The summed E-state index contributed by atoms with van der Waals surface area (Å²) in [6.07, 6.45) is 0. The molecular weight excluding hydrogens is 250 g/mol. The van der Waals surface area contributed by atoms with Crippen LogP contribution in [0.1, 0.15) is 15.9 Å². The topological polar surface area (TPSA) is 55.1 Å². The standard InChI is InChI=1S/C14H12F2N2O/c1-8-12(16)6-9(7-13(8)17)14(19)18-11-4-2-10(15)3-5-11/h2-7H,17H2,1H3,(H,18,19). The Bertz CT molecular complexity index is 601. The zero-order valence-corrected chi connectivity index (χ0v) is 10.2. The number of carbonyl (C=O) groups is 1. The van der Waals surface area contributed by atoms with Gasteiger partial charge in [-0.1, -0.05) is 0 Å². The van der Waals surface area contributed by atoms with Crippen molar-refractivity contribution in [2.24, 2.45) is 0 Å². The second-order valence-electron chi connectivity index (χ2n) is 4.13. The maximum atomic E-state index is 13.5. The van der Waals surface area contributed by atoms with Crippen molar-refractivity contribution >= 4 is 17.3 Å². The molecule has 0 unspecified atom stereocenters. The van der Waals surface area contributed by atoms with Crippen LogP contribution in [0.4, 0.5) is 20.2 Å². The highest BCUT2D eigenvalue weighted by atomic mass is 19.1. The molecule has 1 amide bonds. The summed E-state index contributed by atoms with van der Waals surface area (Å²) in [5.74, 6) is -1.44. The number of halogens is 2. The van der Waals surface area contributed by atoms with E-state index in [4.69, 9.17) is 5.73 Å².